The molecule has 0 aromatic heterocycles. The minimum atomic E-state index is -3.70. The van der Waals surface area contributed by atoms with Crippen molar-refractivity contribution in [2.45, 2.75) is 149 Å². The Kier molecular flexibility index (Phi) is 23.5. The molecule has 364 valence electrons. The second-order valence-electron chi connectivity index (χ2n) is 17.5. The number of nitrogens with two attached hydrogens (primary N) is 1. The highest BCUT2D eigenvalue weighted by atomic mass is 32.2. The summed E-state index contributed by atoms with van der Waals surface area (Å²) in [5.74, 6) is -11.2. The fourth-order valence-corrected chi connectivity index (χ4v) is 7.10. The van der Waals surface area contributed by atoms with Crippen LogP contribution in [0.1, 0.15) is 110 Å². The fraction of sp³-hybridized carbons (Fsp3) is 0.628. The van der Waals surface area contributed by atoms with Gasteiger partial charge in [-0.25, -0.2) is 8.42 Å². The van der Waals surface area contributed by atoms with Gasteiger partial charge in [0.15, 0.2) is 0 Å². The molecule has 0 aliphatic carbocycles. The van der Waals surface area contributed by atoms with Crippen LogP contribution in [0, 0.1) is 18.3 Å². The highest BCUT2D eigenvalue weighted by Crippen LogP contribution is 2.21. The molecule has 0 fully saturated rings. The second-order valence-corrected chi connectivity index (χ2v) is 19.8. The lowest BCUT2D eigenvalue weighted by Gasteiger charge is -2.34. The van der Waals surface area contributed by atoms with E-state index in [-0.39, 0.29) is 25.2 Å². The molecule has 1 unspecified atom stereocenters. The SMILES string of the molecule is CCCCC(NC(=O)[C@H](CC(C)C)NC(=O)[C@@H](NC(=O)[C@H](Cc1ccccc1C)NC(=O)[C@H](CCC(=O)O)NC(=O)[C@H](CCS(C)(=O)=O)NC(=O)CCC(=O)O)C(C)(C)C)C(=O)C(N)=O. The fourth-order valence-electron chi connectivity index (χ4n) is 6.43. The van der Waals surface area contributed by atoms with Crippen LogP contribution in [0.5, 0.6) is 0 Å². The maximum absolute atomic E-state index is 14.4. The molecule has 10 N–H and O–H groups in total. The minimum Gasteiger partial charge on any atom is -0.481 e. The summed E-state index contributed by atoms with van der Waals surface area (Å²) in [6.45, 7) is 12.1. The Morgan fingerprint density at radius 2 is 1.17 bits per heavy atom. The molecule has 0 aliphatic heterocycles. The van der Waals surface area contributed by atoms with Gasteiger partial charge < -0.3 is 47.8 Å². The summed E-state index contributed by atoms with van der Waals surface area (Å²) in [6.07, 6.45) is -0.816. The monoisotopic (exact) mass is 937 g/mol. The van der Waals surface area contributed by atoms with Crippen molar-refractivity contribution in [1.82, 2.24) is 31.9 Å². The first-order valence-corrected chi connectivity index (χ1v) is 23.4. The predicted octanol–water partition coefficient (Wildman–Crippen LogP) is -0.0526. The van der Waals surface area contributed by atoms with Crippen molar-refractivity contribution in [3.8, 4) is 0 Å². The molecule has 0 aliphatic rings. The summed E-state index contributed by atoms with van der Waals surface area (Å²) < 4.78 is 24.0. The highest BCUT2D eigenvalue weighted by Gasteiger charge is 2.39. The molecule has 65 heavy (non-hydrogen) atoms. The van der Waals surface area contributed by atoms with Gasteiger partial charge in [-0.3, -0.25) is 47.9 Å². The number of carbonyl (C=O) groups is 10. The van der Waals surface area contributed by atoms with Crippen molar-refractivity contribution < 1.29 is 66.6 Å². The van der Waals surface area contributed by atoms with E-state index >= 15 is 0 Å². The van der Waals surface area contributed by atoms with Crippen LogP contribution in [0.4, 0.5) is 0 Å². The number of rotatable bonds is 29. The number of hydrogen-bond donors (Lipinski definition) is 9. The molecule has 22 heteroatoms. The quantitative estimate of drug-likeness (QED) is 0.0476. The van der Waals surface area contributed by atoms with E-state index in [1.807, 2.05) is 6.92 Å². The zero-order chi connectivity index (χ0) is 49.8. The molecule has 0 heterocycles. The predicted molar refractivity (Wildman–Crippen MR) is 237 cm³/mol. The largest absolute Gasteiger partial charge is 0.481 e. The van der Waals surface area contributed by atoms with Crippen LogP contribution < -0.4 is 37.6 Å². The number of aryl methyl sites for hydroxylation is 1. The number of carboxylic acid groups (broad SMARTS) is 2. The lowest BCUT2D eigenvalue weighted by atomic mass is 9.85. The molecule has 1 rings (SSSR count). The number of amides is 7. The summed E-state index contributed by atoms with van der Waals surface area (Å²) in [5, 5.41) is 33.5. The standard InChI is InChI=1S/C43H67N7O14S/c1-9-10-15-27(35(56)37(44)57)46-40(60)30(22-24(2)3)49-42(62)36(43(5,6)7)50-41(61)31(23-26-14-12-11-13-25(26)4)48-38(58)28(16-18-33(52)53)47-39(59)29(20-21-65(8,63)64)45-32(51)17-19-34(54)55/h11-14,24,27-31,36H,9-10,15-23H2,1-8H3,(H2,44,57)(H,45,51)(H,46,60)(H,47,59)(H,48,58)(H,49,62)(H,50,61)(H,52,53)(H,54,55)/t27?,28-,29-,30-,31-,36+/m0/s1. The first kappa shape index (κ1) is 57.1. The first-order valence-electron chi connectivity index (χ1n) is 21.4. The molecule has 21 nitrogen and oxygen atoms in total. The van der Waals surface area contributed by atoms with Gasteiger partial charge in [-0.2, -0.15) is 0 Å². The first-order chi connectivity index (χ1) is 30.1. The number of ketones is 1. The molecule has 0 saturated carbocycles. The van der Waals surface area contributed by atoms with E-state index in [0.717, 1.165) is 6.26 Å². The normalized spacial score (nSPS) is 14.3. The number of Topliss-reactive ketones (excluding diaryl/α,β-unsaturated/α-hetero) is 1. The highest BCUT2D eigenvalue weighted by molar-refractivity contribution is 7.90. The van der Waals surface area contributed by atoms with E-state index in [2.05, 4.69) is 31.9 Å². The smallest absolute Gasteiger partial charge is 0.303 e. The second kappa shape index (κ2) is 26.8. The zero-order valence-corrected chi connectivity index (χ0v) is 39.2. The molecule has 1 aromatic rings. The van der Waals surface area contributed by atoms with E-state index < -0.39 is 148 Å². The van der Waals surface area contributed by atoms with Crippen molar-refractivity contribution in [3.63, 3.8) is 0 Å². The van der Waals surface area contributed by atoms with Gasteiger partial charge in [-0.1, -0.05) is 78.6 Å². The van der Waals surface area contributed by atoms with E-state index in [9.17, 15) is 61.5 Å². The van der Waals surface area contributed by atoms with Gasteiger partial charge in [-0.05, 0) is 55.1 Å². The Morgan fingerprint density at radius 1 is 0.662 bits per heavy atom. The third-order valence-electron chi connectivity index (χ3n) is 10.1. The third kappa shape index (κ3) is 22.0. The van der Waals surface area contributed by atoms with Crippen molar-refractivity contribution in [1.29, 1.82) is 0 Å². The lowest BCUT2D eigenvalue weighted by molar-refractivity contribution is -0.140. The summed E-state index contributed by atoms with van der Waals surface area (Å²) in [5.41, 5.74) is 5.48. The van der Waals surface area contributed by atoms with E-state index in [4.69, 9.17) is 10.8 Å². The van der Waals surface area contributed by atoms with Crippen LogP contribution in [0.25, 0.3) is 0 Å². The van der Waals surface area contributed by atoms with E-state index in [1.54, 1.807) is 65.8 Å². The topological polar surface area (TPSA) is 343 Å². The molecule has 0 bridgehead atoms. The van der Waals surface area contributed by atoms with Gasteiger partial charge in [0.25, 0.3) is 5.91 Å². The Balaban J connectivity index is 3.63. The Morgan fingerprint density at radius 3 is 1.68 bits per heavy atom. The molecule has 1 aromatic carbocycles. The average Bonchev–Trinajstić information content (AvgIpc) is 3.19. The average molecular weight is 938 g/mol. The van der Waals surface area contributed by atoms with Crippen LogP contribution in [0.3, 0.4) is 0 Å². The minimum absolute atomic E-state index is 0.0875. The molecule has 6 atom stereocenters. The molecular formula is C43H67N7O14S. The van der Waals surface area contributed by atoms with Gasteiger partial charge in [0.2, 0.25) is 41.2 Å². The molecule has 7 amide bonds. The zero-order valence-electron chi connectivity index (χ0n) is 38.4. The number of primary amides is 1. The van der Waals surface area contributed by atoms with Gasteiger partial charge >= 0.3 is 11.9 Å². The van der Waals surface area contributed by atoms with Crippen molar-refractivity contribution in [3.05, 3.63) is 35.4 Å². The van der Waals surface area contributed by atoms with Gasteiger partial charge in [0.1, 0.15) is 40.0 Å². The number of unbranched alkanes of at least 4 members (excludes halogenated alkanes) is 1. The Bertz CT molecular complexity index is 2000. The third-order valence-corrected chi connectivity index (χ3v) is 11.0. The van der Waals surface area contributed by atoms with Crippen LogP contribution in [-0.2, 0) is 64.2 Å². The van der Waals surface area contributed by atoms with Gasteiger partial charge in [0, 0.05) is 25.5 Å². The molecule has 0 spiro atoms. The number of carbonyl (C=O) groups excluding carboxylic acids is 8. The van der Waals surface area contributed by atoms with E-state index in [0.29, 0.717) is 24.0 Å². The number of nitrogens with one attached hydrogen (secondary N) is 6. The summed E-state index contributed by atoms with van der Waals surface area (Å²) in [6, 6.07) is -1.76. The lowest BCUT2D eigenvalue weighted by Crippen LogP contribution is -2.62. The maximum Gasteiger partial charge on any atom is 0.303 e. The Hall–Kier alpha value is -5.93. The number of benzene rings is 1. The Labute approximate surface area is 379 Å². The molecule has 0 saturated heterocycles. The van der Waals surface area contributed by atoms with E-state index in [1.165, 1.54) is 0 Å². The summed E-state index contributed by atoms with van der Waals surface area (Å²) in [7, 11) is -3.70. The molecule has 0 radical (unpaired) electrons. The number of sulfone groups is 1. The number of carboxylic acids is 2. The van der Waals surface area contributed by atoms with Crippen LogP contribution in [-0.4, -0.2) is 126 Å². The van der Waals surface area contributed by atoms with Crippen molar-refractivity contribution in [2.24, 2.45) is 17.1 Å². The summed E-state index contributed by atoms with van der Waals surface area (Å²) >= 11 is 0. The van der Waals surface area contributed by atoms with Crippen LogP contribution in [0.15, 0.2) is 24.3 Å². The maximum atomic E-state index is 14.4. The van der Waals surface area contributed by atoms with Crippen LogP contribution in [0.2, 0.25) is 0 Å². The van der Waals surface area contributed by atoms with Gasteiger partial charge in [-0.15, -0.1) is 0 Å². The van der Waals surface area contributed by atoms with Crippen LogP contribution >= 0.6 is 0 Å². The van der Waals surface area contributed by atoms with Gasteiger partial charge in [0.05, 0.1) is 18.2 Å². The number of aliphatic carboxylic acids is 2. The number of hydrogen-bond acceptors (Lipinski definition) is 12. The summed E-state index contributed by atoms with van der Waals surface area (Å²) in [4.78, 5) is 129. The van der Waals surface area contributed by atoms with Crippen molar-refractivity contribution in [2.75, 3.05) is 12.0 Å². The van der Waals surface area contributed by atoms with Crippen molar-refractivity contribution >= 4 is 68.9 Å². The molecular weight excluding hydrogens is 871 g/mol.